The molecule has 1 spiro atoms. The van der Waals surface area contributed by atoms with Crippen LogP contribution in [0, 0.1) is 16.7 Å². The maximum absolute atomic E-state index is 12.4. The van der Waals surface area contributed by atoms with Gasteiger partial charge in [0, 0.05) is 59.2 Å². The van der Waals surface area contributed by atoms with Gasteiger partial charge in [0.15, 0.2) is 0 Å². The quantitative estimate of drug-likeness (QED) is 0.504. The Bertz CT molecular complexity index is 1370. The maximum Gasteiger partial charge on any atom is 0.410 e. The van der Waals surface area contributed by atoms with Gasteiger partial charge in [-0.3, -0.25) is 0 Å². The molecule has 2 aliphatic rings. The largest absolute Gasteiger partial charge is 0.508 e. The van der Waals surface area contributed by atoms with Crippen molar-refractivity contribution in [2.75, 3.05) is 31.1 Å². The van der Waals surface area contributed by atoms with E-state index in [1.165, 1.54) is 0 Å². The number of ether oxygens (including phenoxy) is 1. The number of nitrogens with zero attached hydrogens (tertiary/aromatic N) is 4. The molecule has 5 rings (SSSR count). The predicted molar refractivity (Wildman–Crippen MR) is 136 cm³/mol. The van der Waals surface area contributed by atoms with Crippen molar-refractivity contribution >= 4 is 34.4 Å². The second-order valence-corrected chi connectivity index (χ2v) is 10.9. The number of aromatic hydroxyl groups is 1. The fourth-order valence-corrected chi connectivity index (χ4v) is 5.34. The summed E-state index contributed by atoms with van der Waals surface area (Å²) in [5.74, 6) is 0.684. The zero-order chi connectivity index (χ0) is 25.0. The van der Waals surface area contributed by atoms with Gasteiger partial charge in [0.2, 0.25) is 0 Å². The lowest BCUT2D eigenvalue weighted by Crippen LogP contribution is -2.60. The third-order valence-corrected chi connectivity index (χ3v) is 6.98. The van der Waals surface area contributed by atoms with Gasteiger partial charge in [0.1, 0.15) is 28.8 Å². The van der Waals surface area contributed by atoms with Crippen LogP contribution in [0.1, 0.15) is 32.8 Å². The van der Waals surface area contributed by atoms with Gasteiger partial charge in [-0.05, 0) is 45.4 Å². The average Bonchev–Trinajstić information content (AvgIpc) is 3.22. The molecule has 3 heterocycles. The van der Waals surface area contributed by atoms with E-state index in [1.54, 1.807) is 29.2 Å². The summed E-state index contributed by atoms with van der Waals surface area (Å²) in [6.45, 7) is 8.22. The van der Waals surface area contributed by atoms with Crippen LogP contribution in [-0.4, -0.2) is 52.9 Å². The number of likely N-dealkylation sites (tertiary alicyclic amines) is 1. The Hall–Kier alpha value is -3.50. The first-order chi connectivity index (χ1) is 16.6. The second-order valence-electron chi connectivity index (χ2n) is 10.5. The van der Waals surface area contributed by atoms with Crippen LogP contribution in [0.4, 0.5) is 10.6 Å². The molecular formula is C27H27ClN4O3. The number of benzene rings is 2. The number of hydrogen-bond donors (Lipinski definition) is 1. The van der Waals surface area contributed by atoms with Crippen molar-refractivity contribution in [3.63, 3.8) is 0 Å². The lowest BCUT2D eigenvalue weighted by molar-refractivity contribution is -0.0266. The van der Waals surface area contributed by atoms with Crippen LogP contribution < -0.4 is 4.90 Å². The highest BCUT2D eigenvalue weighted by Gasteiger charge is 2.51. The van der Waals surface area contributed by atoms with Gasteiger partial charge in [-0.15, -0.1) is 0 Å². The summed E-state index contributed by atoms with van der Waals surface area (Å²) in [4.78, 5) is 21.1. The predicted octanol–water partition coefficient (Wildman–Crippen LogP) is 5.58. The van der Waals surface area contributed by atoms with E-state index >= 15 is 0 Å². The molecule has 1 amide bonds. The summed E-state index contributed by atoms with van der Waals surface area (Å²) in [6, 6.07) is 14.8. The topological polar surface area (TPSA) is 89.7 Å². The number of phenolic OH excluding ortho intramolecular Hbond substituents is 1. The minimum atomic E-state index is -0.529. The third-order valence-electron chi connectivity index (χ3n) is 6.65. The number of anilines is 1. The summed E-state index contributed by atoms with van der Waals surface area (Å²) in [7, 11) is 0. The standard InChI is InChI=1S/C27H27ClN4O3/c1-26(2,3)35-25(34)32-15-27(16-32)10-11-31(14-27)24-20(13-29)23(18-6-4-5-7-21(18)28)19-9-8-17(33)12-22(19)30-24/h4-9,12,33H,10-11,14-16H2,1-3H3. The van der Waals surface area contributed by atoms with E-state index < -0.39 is 5.60 Å². The molecule has 0 saturated carbocycles. The minimum Gasteiger partial charge on any atom is -0.508 e. The molecule has 1 aromatic heterocycles. The highest BCUT2D eigenvalue weighted by Crippen LogP contribution is 2.45. The van der Waals surface area contributed by atoms with E-state index in [1.807, 2.05) is 39.0 Å². The Kier molecular flexibility index (Phi) is 5.52. The molecular weight excluding hydrogens is 464 g/mol. The van der Waals surface area contributed by atoms with Crippen LogP contribution in [0.25, 0.3) is 22.0 Å². The van der Waals surface area contributed by atoms with Crippen LogP contribution >= 0.6 is 11.6 Å². The Morgan fingerprint density at radius 2 is 1.94 bits per heavy atom. The van der Waals surface area contributed by atoms with Gasteiger partial charge in [0.25, 0.3) is 0 Å². The number of carbonyl (C=O) groups excluding carboxylic acids is 1. The van der Waals surface area contributed by atoms with E-state index in [9.17, 15) is 15.2 Å². The number of hydrogen-bond acceptors (Lipinski definition) is 6. The molecule has 1 N–H and O–H groups in total. The Morgan fingerprint density at radius 1 is 1.20 bits per heavy atom. The summed E-state index contributed by atoms with van der Waals surface area (Å²) in [5.41, 5.74) is 1.93. The molecule has 180 valence electrons. The molecule has 0 radical (unpaired) electrons. The van der Waals surface area contributed by atoms with Crippen LogP contribution in [0.3, 0.4) is 0 Å². The molecule has 2 saturated heterocycles. The van der Waals surface area contributed by atoms with E-state index in [2.05, 4.69) is 11.0 Å². The van der Waals surface area contributed by atoms with E-state index in [0.717, 1.165) is 23.9 Å². The molecule has 8 heteroatoms. The monoisotopic (exact) mass is 490 g/mol. The van der Waals surface area contributed by atoms with Crippen LogP contribution in [0.5, 0.6) is 5.75 Å². The second kappa shape index (κ2) is 8.31. The minimum absolute atomic E-state index is 0.0519. The van der Waals surface area contributed by atoms with Crippen molar-refractivity contribution in [1.82, 2.24) is 9.88 Å². The first-order valence-electron chi connectivity index (χ1n) is 11.6. The van der Waals surface area contributed by atoms with E-state index in [4.69, 9.17) is 21.3 Å². The molecule has 3 aromatic rings. The van der Waals surface area contributed by atoms with Crippen molar-refractivity contribution in [3.8, 4) is 22.9 Å². The maximum atomic E-state index is 12.4. The summed E-state index contributed by atoms with van der Waals surface area (Å²) in [5, 5.41) is 21.7. The molecule has 0 bridgehead atoms. The summed E-state index contributed by atoms with van der Waals surface area (Å²) >= 11 is 6.56. The molecule has 0 atom stereocenters. The zero-order valence-corrected chi connectivity index (χ0v) is 20.8. The van der Waals surface area contributed by atoms with Crippen LogP contribution in [0.2, 0.25) is 5.02 Å². The van der Waals surface area contributed by atoms with E-state index in [-0.39, 0.29) is 17.3 Å². The number of pyridine rings is 1. The fraction of sp³-hybridized carbons (Fsp3) is 0.370. The number of nitriles is 1. The van der Waals surface area contributed by atoms with Crippen molar-refractivity contribution in [3.05, 3.63) is 53.1 Å². The van der Waals surface area contributed by atoms with Crippen molar-refractivity contribution < 1.29 is 14.6 Å². The first-order valence-corrected chi connectivity index (χ1v) is 12.0. The van der Waals surface area contributed by atoms with Crippen molar-refractivity contribution in [2.24, 2.45) is 5.41 Å². The number of halogens is 1. The molecule has 7 nitrogen and oxygen atoms in total. The Balaban J connectivity index is 1.51. The van der Waals surface area contributed by atoms with Gasteiger partial charge in [-0.1, -0.05) is 29.8 Å². The number of amides is 1. The zero-order valence-electron chi connectivity index (χ0n) is 20.0. The van der Waals surface area contributed by atoms with Crippen molar-refractivity contribution in [2.45, 2.75) is 32.8 Å². The number of carbonyl (C=O) groups is 1. The highest BCUT2D eigenvalue weighted by molar-refractivity contribution is 6.34. The Morgan fingerprint density at radius 3 is 2.63 bits per heavy atom. The Labute approximate surface area is 209 Å². The number of fused-ring (bicyclic) bond motifs is 1. The fourth-order valence-electron chi connectivity index (χ4n) is 5.11. The van der Waals surface area contributed by atoms with Crippen LogP contribution in [-0.2, 0) is 4.74 Å². The normalized spacial score (nSPS) is 16.9. The van der Waals surface area contributed by atoms with Gasteiger partial charge in [-0.2, -0.15) is 5.26 Å². The molecule has 0 unspecified atom stereocenters. The van der Waals surface area contributed by atoms with Gasteiger partial charge < -0.3 is 19.6 Å². The van der Waals surface area contributed by atoms with Gasteiger partial charge in [0.05, 0.1) is 5.52 Å². The summed E-state index contributed by atoms with van der Waals surface area (Å²) < 4.78 is 5.51. The van der Waals surface area contributed by atoms with E-state index in [0.29, 0.717) is 47.1 Å². The average molecular weight is 491 g/mol. The number of rotatable bonds is 2. The SMILES string of the molecule is CC(C)(C)OC(=O)N1CC2(CCN(c3nc4cc(O)ccc4c(-c4ccccc4Cl)c3C#N)C2)C1. The summed E-state index contributed by atoms with van der Waals surface area (Å²) in [6.07, 6.45) is 0.595. The number of phenols is 1. The molecule has 2 aromatic carbocycles. The van der Waals surface area contributed by atoms with Gasteiger partial charge in [-0.25, -0.2) is 9.78 Å². The lowest BCUT2D eigenvalue weighted by atomic mass is 9.79. The smallest absolute Gasteiger partial charge is 0.410 e. The lowest BCUT2D eigenvalue weighted by Gasteiger charge is -2.47. The number of aromatic nitrogens is 1. The van der Waals surface area contributed by atoms with Crippen molar-refractivity contribution in [1.29, 1.82) is 5.26 Å². The highest BCUT2D eigenvalue weighted by atomic mass is 35.5. The molecule has 35 heavy (non-hydrogen) atoms. The first kappa shape index (κ1) is 23.3. The molecule has 2 fully saturated rings. The van der Waals surface area contributed by atoms with Gasteiger partial charge >= 0.3 is 6.09 Å². The molecule has 2 aliphatic heterocycles. The molecule has 0 aliphatic carbocycles. The third kappa shape index (κ3) is 4.23. The van der Waals surface area contributed by atoms with Crippen LogP contribution in [0.15, 0.2) is 42.5 Å².